The SMILES string of the molecule is CC1=C(C(=O)Nc2ccc(C)cc2C)[C@H](c2cccnc2)n2ncnc2N1. The standard InChI is InChI=1S/C20H20N6O/c1-12-6-7-16(13(2)9-12)25-19(27)17-14(3)24-20-22-11-23-26(20)18(17)15-5-4-8-21-10-15/h4-11,18H,1-3H3,(H,25,27)(H,22,23,24)/t18-/m0/s1. The van der Waals surface area contributed by atoms with Gasteiger partial charge in [-0.3, -0.25) is 9.78 Å². The Kier molecular flexibility index (Phi) is 4.19. The molecular formula is C20H20N6O. The molecule has 0 bridgehead atoms. The lowest BCUT2D eigenvalue weighted by Gasteiger charge is -2.28. The van der Waals surface area contributed by atoms with Gasteiger partial charge >= 0.3 is 0 Å². The average molecular weight is 360 g/mol. The lowest BCUT2D eigenvalue weighted by atomic mass is 9.96. The summed E-state index contributed by atoms with van der Waals surface area (Å²) in [5.41, 5.74) is 5.16. The Labute approximate surface area is 157 Å². The maximum absolute atomic E-state index is 13.2. The summed E-state index contributed by atoms with van der Waals surface area (Å²) in [5, 5.41) is 10.5. The fourth-order valence-corrected chi connectivity index (χ4v) is 3.37. The van der Waals surface area contributed by atoms with Crippen molar-refractivity contribution in [3.05, 3.63) is 77.0 Å². The van der Waals surface area contributed by atoms with Crippen LogP contribution in [0.4, 0.5) is 11.6 Å². The van der Waals surface area contributed by atoms with Crippen LogP contribution in [-0.2, 0) is 4.79 Å². The van der Waals surface area contributed by atoms with E-state index in [0.29, 0.717) is 11.5 Å². The van der Waals surface area contributed by atoms with Crippen molar-refractivity contribution in [1.82, 2.24) is 19.7 Å². The maximum atomic E-state index is 13.2. The van der Waals surface area contributed by atoms with Crippen molar-refractivity contribution in [2.24, 2.45) is 0 Å². The van der Waals surface area contributed by atoms with E-state index in [4.69, 9.17) is 0 Å². The van der Waals surface area contributed by atoms with Crippen molar-refractivity contribution in [1.29, 1.82) is 0 Å². The molecule has 0 radical (unpaired) electrons. The molecule has 0 saturated carbocycles. The molecule has 1 aliphatic heterocycles. The zero-order valence-electron chi connectivity index (χ0n) is 15.4. The highest BCUT2D eigenvalue weighted by atomic mass is 16.1. The number of benzene rings is 1. The third kappa shape index (κ3) is 3.08. The van der Waals surface area contributed by atoms with E-state index >= 15 is 0 Å². The lowest BCUT2D eigenvalue weighted by molar-refractivity contribution is -0.113. The first-order valence-corrected chi connectivity index (χ1v) is 8.70. The van der Waals surface area contributed by atoms with Crippen LogP contribution < -0.4 is 10.6 Å². The molecular weight excluding hydrogens is 340 g/mol. The normalized spacial score (nSPS) is 15.9. The molecule has 0 unspecified atom stereocenters. The van der Waals surface area contributed by atoms with Gasteiger partial charge in [-0.1, -0.05) is 23.8 Å². The zero-order chi connectivity index (χ0) is 19.0. The van der Waals surface area contributed by atoms with Crippen LogP contribution in [0.1, 0.15) is 29.7 Å². The van der Waals surface area contributed by atoms with Gasteiger partial charge in [-0.2, -0.15) is 10.1 Å². The topological polar surface area (TPSA) is 84.7 Å². The van der Waals surface area contributed by atoms with Crippen LogP contribution in [0.25, 0.3) is 0 Å². The molecule has 7 nitrogen and oxygen atoms in total. The molecule has 1 aromatic carbocycles. The Morgan fingerprint density at radius 1 is 1.22 bits per heavy atom. The predicted molar refractivity (Wildman–Crippen MR) is 103 cm³/mol. The molecule has 136 valence electrons. The highest BCUT2D eigenvalue weighted by molar-refractivity contribution is 6.06. The minimum Gasteiger partial charge on any atom is -0.328 e. The van der Waals surface area contributed by atoms with Crippen LogP contribution in [0.2, 0.25) is 0 Å². The first-order chi connectivity index (χ1) is 13.0. The molecule has 1 aliphatic rings. The fraction of sp³-hybridized carbons (Fsp3) is 0.200. The molecule has 7 heteroatoms. The van der Waals surface area contributed by atoms with Crippen molar-refractivity contribution >= 4 is 17.5 Å². The number of aromatic nitrogens is 4. The second kappa shape index (κ2) is 6.68. The third-order valence-electron chi connectivity index (χ3n) is 4.67. The summed E-state index contributed by atoms with van der Waals surface area (Å²) >= 11 is 0. The summed E-state index contributed by atoms with van der Waals surface area (Å²) < 4.78 is 1.71. The van der Waals surface area contributed by atoms with Crippen LogP contribution in [0.3, 0.4) is 0 Å². The lowest BCUT2D eigenvalue weighted by Crippen LogP contribution is -2.31. The number of carbonyl (C=O) groups excluding carboxylic acids is 1. The van der Waals surface area contributed by atoms with Gasteiger partial charge < -0.3 is 10.6 Å². The van der Waals surface area contributed by atoms with Crippen molar-refractivity contribution < 1.29 is 4.79 Å². The van der Waals surface area contributed by atoms with Gasteiger partial charge in [0, 0.05) is 23.8 Å². The number of hydrogen-bond donors (Lipinski definition) is 2. The number of anilines is 2. The van der Waals surface area contributed by atoms with Crippen LogP contribution in [0.15, 0.2) is 60.3 Å². The van der Waals surface area contributed by atoms with Crippen molar-refractivity contribution in [2.75, 3.05) is 10.6 Å². The Balaban J connectivity index is 1.75. The van der Waals surface area contributed by atoms with Gasteiger partial charge in [-0.25, -0.2) is 4.68 Å². The fourth-order valence-electron chi connectivity index (χ4n) is 3.37. The van der Waals surface area contributed by atoms with Crippen LogP contribution in [-0.4, -0.2) is 25.7 Å². The van der Waals surface area contributed by atoms with Gasteiger partial charge in [0.1, 0.15) is 12.4 Å². The highest BCUT2D eigenvalue weighted by Gasteiger charge is 2.33. The number of allylic oxidation sites excluding steroid dienone is 1. The number of nitrogens with zero attached hydrogens (tertiary/aromatic N) is 4. The molecule has 27 heavy (non-hydrogen) atoms. The molecule has 2 aromatic heterocycles. The van der Waals surface area contributed by atoms with E-state index in [0.717, 1.165) is 28.1 Å². The summed E-state index contributed by atoms with van der Waals surface area (Å²) in [4.78, 5) is 21.7. The van der Waals surface area contributed by atoms with Crippen LogP contribution >= 0.6 is 0 Å². The first kappa shape index (κ1) is 17.0. The van der Waals surface area contributed by atoms with Gasteiger partial charge in [-0.05, 0) is 44.0 Å². The smallest absolute Gasteiger partial charge is 0.255 e. The van der Waals surface area contributed by atoms with Gasteiger partial charge in [0.05, 0.1) is 5.57 Å². The minimum atomic E-state index is -0.400. The van der Waals surface area contributed by atoms with Crippen molar-refractivity contribution in [3.63, 3.8) is 0 Å². The van der Waals surface area contributed by atoms with E-state index < -0.39 is 6.04 Å². The number of aryl methyl sites for hydroxylation is 2. The summed E-state index contributed by atoms with van der Waals surface area (Å²) in [6.45, 7) is 5.89. The third-order valence-corrected chi connectivity index (χ3v) is 4.67. The molecule has 0 aliphatic carbocycles. The largest absolute Gasteiger partial charge is 0.328 e. The van der Waals surface area contributed by atoms with Crippen molar-refractivity contribution in [2.45, 2.75) is 26.8 Å². The van der Waals surface area contributed by atoms with Crippen LogP contribution in [0.5, 0.6) is 0 Å². The summed E-state index contributed by atoms with van der Waals surface area (Å²) in [6.07, 6.45) is 4.93. The summed E-state index contributed by atoms with van der Waals surface area (Å²) in [7, 11) is 0. The number of amides is 1. The van der Waals surface area contributed by atoms with Gasteiger partial charge in [0.25, 0.3) is 5.91 Å². The molecule has 3 heterocycles. The molecule has 2 N–H and O–H groups in total. The van der Waals surface area contributed by atoms with Gasteiger partial charge in [0.15, 0.2) is 0 Å². The Morgan fingerprint density at radius 3 is 2.81 bits per heavy atom. The Bertz CT molecular complexity index is 1040. The molecule has 4 rings (SSSR count). The number of carbonyl (C=O) groups is 1. The number of rotatable bonds is 3. The minimum absolute atomic E-state index is 0.179. The molecule has 1 amide bonds. The first-order valence-electron chi connectivity index (χ1n) is 8.70. The quantitative estimate of drug-likeness (QED) is 0.749. The molecule has 0 fully saturated rings. The van der Waals surface area contributed by atoms with E-state index in [1.807, 2.05) is 51.1 Å². The Morgan fingerprint density at radius 2 is 2.07 bits per heavy atom. The number of nitrogens with one attached hydrogen (secondary N) is 2. The van der Waals surface area contributed by atoms with E-state index in [9.17, 15) is 4.79 Å². The summed E-state index contributed by atoms with van der Waals surface area (Å²) in [5.74, 6) is 0.423. The maximum Gasteiger partial charge on any atom is 0.255 e. The molecule has 1 atom stereocenters. The molecule has 0 spiro atoms. The Hall–Kier alpha value is -3.48. The zero-order valence-corrected chi connectivity index (χ0v) is 15.4. The molecule has 0 saturated heterocycles. The number of pyridine rings is 1. The van der Waals surface area contributed by atoms with Crippen LogP contribution in [0, 0.1) is 13.8 Å². The monoisotopic (exact) mass is 360 g/mol. The predicted octanol–water partition coefficient (Wildman–Crippen LogP) is 3.22. The van der Waals surface area contributed by atoms with E-state index in [1.54, 1.807) is 17.1 Å². The second-order valence-corrected chi connectivity index (χ2v) is 6.65. The van der Waals surface area contributed by atoms with E-state index in [2.05, 4.69) is 25.7 Å². The molecule has 3 aromatic rings. The van der Waals surface area contributed by atoms with E-state index in [-0.39, 0.29) is 5.91 Å². The van der Waals surface area contributed by atoms with E-state index in [1.165, 1.54) is 6.33 Å². The second-order valence-electron chi connectivity index (χ2n) is 6.65. The van der Waals surface area contributed by atoms with Gasteiger partial charge in [0.2, 0.25) is 5.95 Å². The number of fused-ring (bicyclic) bond motifs is 1. The average Bonchev–Trinajstić information content (AvgIpc) is 3.11. The highest BCUT2D eigenvalue weighted by Crippen LogP contribution is 2.34. The van der Waals surface area contributed by atoms with Crippen molar-refractivity contribution in [3.8, 4) is 0 Å². The van der Waals surface area contributed by atoms with Gasteiger partial charge in [-0.15, -0.1) is 0 Å². The summed E-state index contributed by atoms with van der Waals surface area (Å²) in [6, 6.07) is 9.34. The number of hydrogen-bond acceptors (Lipinski definition) is 5.